The summed E-state index contributed by atoms with van der Waals surface area (Å²) in [5, 5.41) is 0. The molecule has 0 aromatic rings. The van der Waals surface area contributed by atoms with Gasteiger partial charge in [0.05, 0.1) is 6.42 Å². The van der Waals surface area contributed by atoms with Gasteiger partial charge in [0.25, 0.3) is 0 Å². The Balaban J connectivity index is 3.72. The molecule has 2 nitrogen and oxygen atoms in total. The summed E-state index contributed by atoms with van der Waals surface area (Å²) in [4.78, 5) is 10.8. The second-order valence-corrected chi connectivity index (χ2v) is 3.08. The second-order valence-electron chi connectivity index (χ2n) is 3.08. The minimum absolute atomic E-state index is 0.0370. The molecule has 0 saturated carbocycles. The Morgan fingerprint density at radius 3 is 2.50 bits per heavy atom. The topological polar surface area (TPSA) is 43.1 Å². The Labute approximate surface area is 61.8 Å². The third-order valence-electron chi connectivity index (χ3n) is 0.952. The van der Waals surface area contributed by atoms with Crippen LogP contribution in [0.1, 0.15) is 26.7 Å². The number of rotatable bonds is 3. The molecule has 0 saturated heterocycles. The van der Waals surface area contributed by atoms with Crippen LogP contribution in [-0.4, -0.2) is 11.3 Å². The van der Waals surface area contributed by atoms with Crippen molar-refractivity contribution in [2.75, 3.05) is 0 Å². The summed E-state index contributed by atoms with van der Waals surface area (Å²) in [6, 6.07) is 0. The van der Waals surface area contributed by atoms with E-state index in [9.17, 15) is 4.79 Å². The zero-order valence-corrected chi connectivity index (χ0v) is 6.48. The molecule has 0 unspecified atom stereocenters. The number of carbonyl (C=O) groups excluding carboxylic acids is 1. The molecular formula is C8H13NO. The van der Waals surface area contributed by atoms with E-state index < -0.39 is 5.54 Å². The molecule has 0 amide bonds. The molecule has 56 valence electrons. The van der Waals surface area contributed by atoms with Gasteiger partial charge in [0.15, 0.2) is 0 Å². The van der Waals surface area contributed by atoms with Crippen LogP contribution in [0.5, 0.6) is 0 Å². The predicted octanol–water partition coefficient (Wildman–Crippen LogP) is 0.706. The molecule has 0 atom stereocenters. The van der Waals surface area contributed by atoms with Crippen LogP contribution in [0.4, 0.5) is 0 Å². The smallest absolute Gasteiger partial charge is 0.146 e. The highest BCUT2D eigenvalue weighted by Crippen LogP contribution is 2.04. The van der Waals surface area contributed by atoms with Gasteiger partial charge in [0, 0.05) is 12.0 Å². The van der Waals surface area contributed by atoms with E-state index in [0.29, 0.717) is 6.42 Å². The molecule has 0 aliphatic carbocycles. The molecule has 0 aromatic heterocycles. The van der Waals surface area contributed by atoms with E-state index in [1.165, 1.54) is 0 Å². The highest BCUT2D eigenvalue weighted by Gasteiger charge is 2.14. The molecule has 0 aromatic carbocycles. The maximum atomic E-state index is 10.8. The van der Waals surface area contributed by atoms with E-state index in [4.69, 9.17) is 12.2 Å². The van der Waals surface area contributed by atoms with Gasteiger partial charge in [-0.2, -0.15) is 0 Å². The van der Waals surface area contributed by atoms with Crippen LogP contribution in [0.15, 0.2) is 0 Å². The van der Waals surface area contributed by atoms with Crippen LogP contribution in [0, 0.1) is 12.3 Å². The summed E-state index contributed by atoms with van der Waals surface area (Å²) in [6.45, 7) is 3.61. The van der Waals surface area contributed by atoms with Crippen molar-refractivity contribution in [3.8, 4) is 12.3 Å². The first-order valence-corrected chi connectivity index (χ1v) is 3.20. The molecule has 10 heavy (non-hydrogen) atoms. The second kappa shape index (κ2) is 3.38. The van der Waals surface area contributed by atoms with Crippen molar-refractivity contribution in [1.82, 2.24) is 0 Å². The quantitative estimate of drug-likeness (QED) is 0.585. The summed E-state index contributed by atoms with van der Waals surface area (Å²) in [7, 11) is 0. The molecule has 0 bridgehead atoms. The van der Waals surface area contributed by atoms with E-state index in [-0.39, 0.29) is 12.2 Å². The Morgan fingerprint density at radius 1 is 1.70 bits per heavy atom. The minimum atomic E-state index is -0.423. The number of hydrogen-bond acceptors (Lipinski definition) is 2. The lowest BCUT2D eigenvalue weighted by molar-refractivity contribution is -0.118. The molecule has 0 aliphatic heterocycles. The van der Waals surface area contributed by atoms with Crippen LogP contribution in [0.2, 0.25) is 0 Å². The highest BCUT2D eigenvalue weighted by molar-refractivity contribution is 5.81. The molecule has 0 radical (unpaired) electrons. The molecule has 0 spiro atoms. The van der Waals surface area contributed by atoms with E-state index in [0.717, 1.165) is 0 Å². The first-order valence-electron chi connectivity index (χ1n) is 3.20. The fraction of sp³-hybridized carbons (Fsp3) is 0.625. The first-order chi connectivity index (χ1) is 4.45. The number of nitrogens with two attached hydrogens (primary N) is 1. The lowest BCUT2D eigenvalue weighted by Gasteiger charge is -2.15. The number of Topliss-reactive ketones (excluding diaryl/α,β-unsaturated/α-hetero) is 1. The van der Waals surface area contributed by atoms with Gasteiger partial charge in [-0.3, -0.25) is 4.79 Å². The predicted molar refractivity (Wildman–Crippen MR) is 41.3 cm³/mol. The number of terminal acetylenes is 1. The standard InChI is InChI=1S/C8H13NO/c1-4-5-7(10)6-8(2,3)9/h1H,5-6,9H2,2-3H3. The number of carbonyl (C=O) groups is 1. The largest absolute Gasteiger partial charge is 0.325 e. The molecule has 2 N–H and O–H groups in total. The van der Waals surface area contributed by atoms with Gasteiger partial charge in [0.2, 0.25) is 0 Å². The summed E-state index contributed by atoms with van der Waals surface area (Å²) in [6.07, 6.45) is 5.49. The highest BCUT2D eigenvalue weighted by atomic mass is 16.1. The van der Waals surface area contributed by atoms with E-state index >= 15 is 0 Å². The average molecular weight is 139 g/mol. The van der Waals surface area contributed by atoms with E-state index in [1.54, 1.807) is 13.8 Å². The van der Waals surface area contributed by atoms with Gasteiger partial charge in [-0.25, -0.2) is 0 Å². The van der Waals surface area contributed by atoms with Gasteiger partial charge in [-0.1, -0.05) is 5.92 Å². The van der Waals surface area contributed by atoms with Crippen LogP contribution in [-0.2, 0) is 4.79 Å². The number of ketones is 1. The summed E-state index contributed by atoms with van der Waals surface area (Å²) >= 11 is 0. The van der Waals surface area contributed by atoms with Crippen LogP contribution in [0.25, 0.3) is 0 Å². The van der Waals surface area contributed by atoms with E-state index in [1.807, 2.05) is 0 Å². The normalized spacial score (nSPS) is 10.6. The van der Waals surface area contributed by atoms with E-state index in [2.05, 4.69) is 5.92 Å². The van der Waals surface area contributed by atoms with Crippen molar-refractivity contribution in [1.29, 1.82) is 0 Å². The fourth-order valence-corrected chi connectivity index (χ4v) is 0.685. The first kappa shape index (κ1) is 9.19. The monoisotopic (exact) mass is 139 g/mol. The Hall–Kier alpha value is -0.810. The van der Waals surface area contributed by atoms with Gasteiger partial charge in [0.1, 0.15) is 5.78 Å². The SMILES string of the molecule is C#CCC(=O)CC(C)(C)N. The summed E-state index contributed by atoms with van der Waals surface area (Å²) < 4.78 is 0. The fourth-order valence-electron chi connectivity index (χ4n) is 0.685. The maximum Gasteiger partial charge on any atom is 0.146 e. The molecule has 2 heteroatoms. The third-order valence-corrected chi connectivity index (χ3v) is 0.952. The van der Waals surface area contributed by atoms with Crippen molar-refractivity contribution in [3.05, 3.63) is 0 Å². The zero-order chi connectivity index (χ0) is 8.20. The van der Waals surface area contributed by atoms with Crippen molar-refractivity contribution in [3.63, 3.8) is 0 Å². The van der Waals surface area contributed by atoms with Gasteiger partial charge < -0.3 is 5.73 Å². The molecular weight excluding hydrogens is 126 g/mol. The van der Waals surface area contributed by atoms with Gasteiger partial charge >= 0.3 is 0 Å². The van der Waals surface area contributed by atoms with Crippen LogP contribution < -0.4 is 5.73 Å². The lowest BCUT2D eigenvalue weighted by Crippen LogP contribution is -2.34. The Bertz CT molecular complexity index is 159. The molecule has 0 rings (SSSR count). The van der Waals surface area contributed by atoms with Crippen molar-refractivity contribution in [2.24, 2.45) is 5.73 Å². The van der Waals surface area contributed by atoms with Crippen LogP contribution >= 0.6 is 0 Å². The average Bonchev–Trinajstić information content (AvgIpc) is 1.59. The van der Waals surface area contributed by atoms with Gasteiger partial charge in [-0.15, -0.1) is 6.42 Å². The minimum Gasteiger partial charge on any atom is -0.325 e. The summed E-state index contributed by atoms with van der Waals surface area (Å²) in [5.41, 5.74) is 5.15. The van der Waals surface area contributed by atoms with Crippen molar-refractivity contribution in [2.45, 2.75) is 32.2 Å². The van der Waals surface area contributed by atoms with Crippen molar-refractivity contribution < 1.29 is 4.79 Å². The molecule has 0 heterocycles. The summed E-state index contributed by atoms with van der Waals surface area (Å²) in [5.74, 6) is 2.32. The van der Waals surface area contributed by atoms with Gasteiger partial charge in [-0.05, 0) is 13.8 Å². The molecule has 0 aliphatic rings. The van der Waals surface area contributed by atoms with Crippen LogP contribution in [0.3, 0.4) is 0 Å². The maximum absolute atomic E-state index is 10.8. The Kier molecular flexibility index (Phi) is 3.11. The van der Waals surface area contributed by atoms with Crippen molar-refractivity contribution >= 4 is 5.78 Å². The zero-order valence-electron chi connectivity index (χ0n) is 6.48. The third kappa shape index (κ3) is 5.33. The molecule has 0 fully saturated rings. The number of hydrogen-bond donors (Lipinski definition) is 1. The Morgan fingerprint density at radius 2 is 2.20 bits per heavy atom. The lowest BCUT2D eigenvalue weighted by atomic mass is 9.98.